The molecule has 5 nitrogen and oxygen atoms in total. The normalized spacial score (nSPS) is 15.9. The van der Waals surface area contributed by atoms with E-state index >= 15 is 0 Å². The molecule has 1 aliphatic rings. The number of halogens is 2. The molecule has 28 heavy (non-hydrogen) atoms. The Morgan fingerprint density at radius 2 is 1.61 bits per heavy atom. The minimum atomic E-state index is -0.833. The lowest BCUT2D eigenvalue weighted by molar-refractivity contribution is 0.380. The number of nitrogens with zero attached hydrogens (tertiary/aromatic N) is 3. The molecule has 0 spiro atoms. The average Bonchev–Trinajstić information content (AvgIpc) is 2.67. The van der Waals surface area contributed by atoms with Crippen molar-refractivity contribution in [2.75, 3.05) is 37.3 Å². The van der Waals surface area contributed by atoms with Crippen molar-refractivity contribution in [3.8, 4) is 0 Å². The van der Waals surface area contributed by atoms with E-state index in [2.05, 4.69) is 14.8 Å². The maximum atomic E-state index is 13.1. The number of aliphatic imine (C=N–C) groups is 1. The lowest BCUT2D eigenvalue weighted by atomic mass is 10.1. The number of rotatable bonds is 5. The highest BCUT2D eigenvalue weighted by molar-refractivity contribution is 14.0. The maximum absolute atomic E-state index is 13.1. The summed E-state index contributed by atoms with van der Waals surface area (Å²) in [6.45, 7) is 3.75. The predicted molar refractivity (Wildman–Crippen MR) is 125 cm³/mol. The summed E-state index contributed by atoms with van der Waals surface area (Å²) in [7, 11) is -0.833. The summed E-state index contributed by atoms with van der Waals surface area (Å²) in [5, 5.41) is 0. The smallest absolute Gasteiger partial charge is 0.191 e. The first-order valence-corrected chi connectivity index (χ1v) is 10.7. The van der Waals surface area contributed by atoms with Crippen LogP contribution in [-0.4, -0.2) is 47.5 Å². The summed E-state index contributed by atoms with van der Waals surface area (Å²) in [6, 6.07) is 14.6. The van der Waals surface area contributed by atoms with Gasteiger partial charge in [0.15, 0.2) is 5.96 Å². The minimum absolute atomic E-state index is 0. The summed E-state index contributed by atoms with van der Waals surface area (Å²) in [5.41, 5.74) is 9.33. The van der Waals surface area contributed by atoms with E-state index in [-0.39, 0.29) is 29.8 Å². The predicted octanol–water partition coefficient (Wildman–Crippen LogP) is 2.96. The van der Waals surface area contributed by atoms with Crippen LogP contribution in [0.15, 0.2) is 53.5 Å². The Bertz CT molecular complexity index is 806. The third kappa shape index (κ3) is 6.44. The van der Waals surface area contributed by atoms with E-state index in [1.54, 1.807) is 18.4 Å². The van der Waals surface area contributed by atoms with Gasteiger partial charge in [0.2, 0.25) is 0 Å². The van der Waals surface area contributed by atoms with E-state index in [0.29, 0.717) is 18.3 Å². The molecule has 0 saturated carbocycles. The highest BCUT2D eigenvalue weighted by Gasteiger charge is 2.18. The number of benzene rings is 2. The second-order valence-electron chi connectivity index (χ2n) is 6.66. The first-order valence-electron chi connectivity index (χ1n) is 8.94. The Hall–Kier alpha value is -1.68. The Morgan fingerprint density at radius 1 is 1.04 bits per heavy atom. The summed E-state index contributed by atoms with van der Waals surface area (Å²) in [4.78, 5) is 8.81. The quantitative estimate of drug-likeness (QED) is 0.377. The van der Waals surface area contributed by atoms with Gasteiger partial charge < -0.3 is 15.5 Å². The van der Waals surface area contributed by atoms with Crippen molar-refractivity contribution in [1.82, 2.24) is 4.90 Å². The third-order valence-electron chi connectivity index (χ3n) is 4.61. The Labute approximate surface area is 185 Å². The van der Waals surface area contributed by atoms with Gasteiger partial charge in [-0.15, -0.1) is 24.0 Å². The number of hydrogen-bond donors (Lipinski definition) is 1. The molecule has 1 atom stereocenters. The average molecular weight is 516 g/mol. The van der Waals surface area contributed by atoms with Gasteiger partial charge in [-0.1, -0.05) is 24.3 Å². The van der Waals surface area contributed by atoms with Gasteiger partial charge in [0.1, 0.15) is 5.82 Å². The molecule has 2 N–H and O–H groups in total. The second kappa shape index (κ2) is 10.8. The molecule has 1 heterocycles. The summed E-state index contributed by atoms with van der Waals surface area (Å²) < 4.78 is 24.3. The van der Waals surface area contributed by atoms with Crippen LogP contribution in [0.25, 0.3) is 0 Å². The van der Waals surface area contributed by atoms with Crippen molar-refractivity contribution < 1.29 is 8.60 Å². The van der Waals surface area contributed by atoms with Crippen molar-refractivity contribution in [3.63, 3.8) is 0 Å². The van der Waals surface area contributed by atoms with Gasteiger partial charge >= 0.3 is 0 Å². The summed E-state index contributed by atoms with van der Waals surface area (Å²) in [6.07, 6.45) is 1.70. The number of guanidine groups is 1. The lowest BCUT2D eigenvalue weighted by Crippen LogP contribution is -2.51. The van der Waals surface area contributed by atoms with E-state index in [0.717, 1.165) is 43.0 Å². The molecule has 152 valence electrons. The first-order chi connectivity index (χ1) is 13.0. The molecule has 1 fully saturated rings. The van der Waals surface area contributed by atoms with Crippen LogP contribution >= 0.6 is 24.0 Å². The Morgan fingerprint density at radius 3 is 2.18 bits per heavy atom. The molecule has 0 aromatic heterocycles. The van der Waals surface area contributed by atoms with E-state index in [1.165, 1.54) is 12.1 Å². The molecule has 0 aliphatic carbocycles. The van der Waals surface area contributed by atoms with E-state index in [9.17, 15) is 8.60 Å². The molecular weight excluding hydrogens is 490 g/mol. The largest absolute Gasteiger partial charge is 0.370 e. The molecule has 1 aliphatic heterocycles. The highest BCUT2D eigenvalue weighted by atomic mass is 127. The van der Waals surface area contributed by atoms with Crippen LogP contribution in [0.5, 0.6) is 0 Å². The number of nitrogens with two attached hydrogens (primary N) is 1. The maximum Gasteiger partial charge on any atom is 0.191 e. The fourth-order valence-electron chi connectivity index (χ4n) is 3.09. The van der Waals surface area contributed by atoms with Gasteiger partial charge in [-0.05, 0) is 35.4 Å². The monoisotopic (exact) mass is 516 g/mol. The van der Waals surface area contributed by atoms with Crippen LogP contribution in [0.3, 0.4) is 0 Å². The highest BCUT2D eigenvalue weighted by Crippen LogP contribution is 2.17. The van der Waals surface area contributed by atoms with E-state index in [4.69, 9.17) is 5.73 Å². The van der Waals surface area contributed by atoms with Gasteiger partial charge in [0, 0.05) is 54.7 Å². The van der Waals surface area contributed by atoms with E-state index < -0.39 is 10.8 Å². The molecular formula is C20H26FIN4OS. The van der Waals surface area contributed by atoms with Gasteiger partial charge in [0.25, 0.3) is 0 Å². The van der Waals surface area contributed by atoms with Crippen molar-refractivity contribution in [2.45, 2.75) is 12.3 Å². The van der Waals surface area contributed by atoms with Crippen LogP contribution < -0.4 is 10.6 Å². The molecule has 0 radical (unpaired) electrons. The fraction of sp³-hybridized carbons (Fsp3) is 0.350. The Kier molecular flexibility index (Phi) is 8.68. The molecule has 0 bridgehead atoms. The van der Waals surface area contributed by atoms with Crippen molar-refractivity contribution >= 4 is 46.4 Å². The van der Waals surface area contributed by atoms with Gasteiger partial charge in [-0.3, -0.25) is 4.21 Å². The SMILES string of the molecule is CS(=O)Cc1ccc(CN=C(N)N2CCN(c3ccc(F)cc3)CC2)cc1.I. The van der Waals surface area contributed by atoms with Crippen LogP contribution in [0.4, 0.5) is 10.1 Å². The summed E-state index contributed by atoms with van der Waals surface area (Å²) in [5.74, 6) is 0.904. The van der Waals surface area contributed by atoms with Crippen molar-refractivity contribution in [2.24, 2.45) is 10.7 Å². The summed E-state index contributed by atoms with van der Waals surface area (Å²) >= 11 is 0. The Balaban J connectivity index is 0.00000280. The standard InChI is InChI=1S/C20H25FN4OS.HI/c1-27(26)15-17-4-2-16(3-5-17)14-23-20(22)25-12-10-24(11-13-25)19-8-6-18(21)7-9-19;/h2-9H,10-15H2,1H3,(H2,22,23);1H. The van der Waals surface area contributed by atoms with Crippen LogP contribution in [-0.2, 0) is 23.1 Å². The van der Waals surface area contributed by atoms with Crippen LogP contribution in [0, 0.1) is 5.82 Å². The lowest BCUT2D eigenvalue weighted by Gasteiger charge is -2.36. The zero-order chi connectivity index (χ0) is 19.2. The van der Waals surface area contributed by atoms with Crippen molar-refractivity contribution in [3.05, 3.63) is 65.5 Å². The number of anilines is 1. The second-order valence-corrected chi connectivity index (χ2v) is 8.09. The molecule has 0 amide bonds. The topological polar surface area (TPSA) is 61.9 Å². The number of piperazine rings is 1. The van der Waals surface area contributed by atoms with Crippen LogP contribution in [0.1, 0.15) is 11.1 Å². The zero-order valence-electron chi connectivity index (χ0n) is 15.9. The first kappa shape index (κ1) is 22.6. The molecule has 2 aromatic rings. The molecule has 1 unspecified atom stereocenters. The van der Waals surface area contributed by atoms with Crippen LogP contribution in [0.2, 0.25) is 0 Å². The fourth-order valence-corrected chi connectivity index (χ4v) is 3.76. The number of hydrogen-bond acceptors (Lipinski definition) is 3. The minimum Gasteiger partial charge on any atom is -0.370 e. The van der Waals surface area contributed by atoms with Crippen molar-refractivity contribution in [1.29, 1.82) is 0 Å². The zero-order valence-corrected chi connectivity index (χ0v) is 19.0. The molecule has 1 saturated heterocycles. The van der Waals surface area contributed by atoms with Gasteiger partial charge in [-0.25, -0.2) is 9.38 Å². The third-order valence-corrected chi connectivity index (χ3v) is 5.35. The molecule has 3 rings (SSSR count). The van der Waals surface area contributed by atoms with E-state index in [1.807, 2.05) is 24.3 Å². The molecule has 8 heteroatoms. The molecule has 2 aromatic carbocycles. The van der Waals surface area contributed by atoms with Gasteiger partial charge in [0.05, 0.1) is 6.54 Å². The van der Waals surface area contributed by atoms with Gasteiger partial charge in [-0.2, -0.15) is 0 Å².